The van der Waals surface area contributed by atoms with Crippen LogP contribution < -0.4 is 16.2 Å². The van der Waals surface area contributed by atoms with Gasteiger partial charge in [0, 0.05) is 11.3 Å². The first-order chi connectivity index (χ1) is 12.8. The molecule has 0 saturated carbocycles. The van der Waals surface area contributed by atoms with E-state index in [9.17, 15) is 4.57 Å². The van der Waals surface area contributed by atoms with Crippen molar-refractivity contribution in [2.75, 3.05) is 31.0 Å². The van der Waals surface area contributed by atoms with Crippen LogP contribution in [0.4, 0.5) is 11.8 Å². The third-order valence-corrected chi connectivity index (χ3v) is 8.57. The Balaban J connectivity index is 2.03. The van der Waals surface area contributed by atoms with E-state index >= 15 is 0 Å². The van der Waals surface area contributed by atoms with Crippen LogP contribution in [0.2, 0.25) is 0 Å². The molecule has 0 radical (unpaired) electrons. The van der Waals surface area contributed by atoms with Crippen molar-refractivity contribution in [3.05, 3.63) is 30.3 Å². The molecule has 0 amide bonds. The molecule has 2 aromatic rings. The van der Waals surface area contributed by atoms with Crippen molar-refractivity contribution < 1.29 is 14.0 Å². The van der Waals surface area contributed by atoms with Gasteiger partial charge in [-0.3, -0.25) is 0 Å². The van der Waals surface area contributed by atoms with Gasteiger partial charge in [0.2, 0.25) is 11.8 Å². The van der Waals surface area contributed by atoms with E-state index in [2.05, 4.69) is 9.97 Å². The smallest absolute Gasteiger partial charge is 0.228 e. The fraction of sp³-hybridized carbons (Fsp3) is 0.474. The summed E-state index contributed by atoms with van der Waals surface area (Å²) in [6.07, 6.45) is 0.241. The maximum absolute atomic E-state index is 13.0. The van der Waals surface area contributed by atoms with Gasteiger partial charge in [-0.1, -0.05) is 58.0 Å². The minimum Gasteiger partial charge on any atom is -0.475 e. The topological polar surface area (TPSA) is 113 Å². The van der Waals surface area contributed by atoms with Crippen molar-refractivity contribution >= 4 is 18.9 Å². The van der Waals surface area contributed by atoms with Crippen LogP contribution in [0.25, 0.3) is 11.1 Å². The Kier molecular flexibility index (Phi) is 7.22. The molecular formula is C19H29N4O3P. The van der Waals surface area contributed by atoms with Crippen molar-refractivity contribution in [3.63, 3.8) is 0 Å². The molecule has 0 aliphatic heterocycles. The van der Waals surface area contributed by atoms with E-state index in [1.54, 1.807) is 0 Å². The van der Waals surface area contributed by atoms with Crippen LogP contribution in [-0.2, 0) is 9.30 Å². The standard InChI is InChI=1S/C19H29N4O3P/c1-13(2)27(24,14(3)4)12-25-10-11-26-18-16(15-8-6-5-7-9-15)17(20)22-19(21)23-18/h5-9,13-14H,10-12H2,1-4H3,(H4,20,21,22,23). The Morgan fingerprint density at radius 3 is 2.22 bits per heavy atom. The molecular weight excluding hydrogens is 363 g/mol. The number of nitrogen functional groups attached to an aromatic ring is 2. The summed E-state index contributed by atoms with van der Waals surface area (Å²) in [7, 11) is -2.39. The highest BCUT2D eigenvalue weighted by Crippen LogP contribution is 2.54. The lowest BCUT2D eigenvalue weighted by atomic mass is 10.1. The van der Waals surface area contributed by atoms with E-state index in [1.807, 2.05) is 58.0 Å². The van der Waals surface area contributed by atoms with Crippen molar-refractivity contribution in [1.29, 1.82) is 0 Å². The van der Waals surface area contributed by atoms with E-state index in [-0.39, 0.29) is 36.0 Å². The number of hydrogen-bond donors (Lipinski definition) is 2. The molecule has 1 heterocycles. The molecule has 4 N–H and O–H groups in total. The monoisotopic (exact) mass is 392 g/mol. The van der Waals surface area contributed by atoms with Crippen LogP contribution in [0.1, 0.15) is 27.7 Å². The minimum absolute atomic E-state index is 0.0483. The largest absolute Gasteiger partial charge is 0.475 e. The number of benzene rings is 1. The molecule has 0 atom stereocenters. The van der Waals surface area contributed by atoms with E-state index in [0.717, 1.165) is 5.56 Å². The molecule has 1 aromatic heterocycles. The number of hydrogen-bond acceptors (Lipinski definition) is 7. The van der Waals surface area contributed by atoms with E-state index in [4.69, 9.17) is 20.9 Å². The second kappa shape index (κ2) is 9.20. The quantitative estimate of drug-likeness (QED) is 0.492. The Morgan fingerprint density at radius 1 is 1.00 bits per heavy atom. The Bertz CT molecular complexity index is 785. The van der Waals surface area contributed by atoms with E-state index in [1.165, 1.54) is 0 Å². The zero-order chi connectivity index (χ0) is 20.0. The van der Waals surface area contributed by atoms with Crippen molar-refractivity contribution in [2.24, 2.45) is 0 Å². The average Bonchev–Trinajstić information content (AvgIpc) is 2.61. The summed E-state index contributed by atoms with van der Waals surface area (Å²) in [5.74, 6) is 0.617. The molecule has 1 aromatic carbocycles. The van der Waals surface area contributed by atoms with Crippen LogP contribution in [0.5, 0.6) is 5.88 Å². The minimum atomic E-state index is -2.39. The number of ether oxygens (including phenoxy) is 2. The van der Waals surface area contributed by atoms with Gasteiger partial charge in [-0.15, -0.1) is 0 Å². The average molecular weight is 392 g/mol. The van der Waals surface area contributed by atoms with Crippen LogP contribution >= 0.6 is 7.14 Å². The van der Waals surface area contributed by atoms with Gasteiger partial charge >= 0.3 is 0 Å². The normalized spacial score (nSPS) is 11.9. The molecule has 7 nitrogen and oxygen atoms in total. The van der Waals surface area contributed by atoms with Crippen molar-refractivity contribution in [3.8, 4) is 17.0 Å². The molecule has 0 spiro atoms. The zero-order valence-corrected chi connectivity index (χ0v) is 17.3. The molecule has 8 heteroatoms. The number of anilines is 2. The highest BCUT2D eigenvalue weighted by molar-refractivity contribution is 7.65. The summed E-state index contributed by atoms with van der Waals surface area (Å²) in [5.41, 5.74) is 13.4. The summed E-state index contributed by atoms with van der Waals surface area (Å²) < 4.78 is 24.4. The van der Waals surface area contributed by atoms with Crippen LogP contribution in [0.3, 0.4) is 0 Å². The molecule has 27 heavy (non-hydrogen) atoms. The fourth-order valence-electron chi connectivity index (χ4n) is 2.75. The number of nitrogens with two attached hydrogens (primary N) is 2. The SMILES string of the molecule is CC(C)P(=O)(COCCOc1nc(N)nc(N)c1-c1ccccc1)C(C)C. The third kappa shape index (κ3) is 5.21. The summed E-state index contributed by atoms with van der Waals surface area (Å²) in [6.45, 7) is 8.42. The number of aromatic nitrogens is 2. The maximum Gasteiger partial charge on any atom is 0.228 e. The van der Waals surface area contributed by atoms with Crippen LogP contribution in [-0.4, -0.2) is 40.8 Å². The molecule has 0 saturated heterocycles. The maximum atomic E-state index is 13.0. The first-order valence-corrected chi connectivity index (χ1v) is 11.1. The molecule has 2 rings (SSSR count). The highest BCUT2D eigenvalue weighted by atomic mass is 31.2. The summed E-state index contributed by atoms with van der Waals surface area (Å²) >= 11 is 0. The second-order valence-corrected chi connectivity index (χ2v) is 11.0. The van der Waals surface area contributed by atoms with Gasteiger partial charge in [0.1, 0.15) is 25.9 Å². The third-order valence-electron chi connectivity index (χ3n) is 4.49. The van der Waals surface area contributed by atoms with Gasteiger partial charge in [-0.2, -0.15) is 9.97 Å². The van der Waals surface area contributed by atoms with Gasteiger partial charge in [-0.05, 0) is 5.56 Å². The van der Waals surface area contributed by atoms with Crippen LogP contribution in [0, 0.1) is 0 Å². The molecule has 0 bridgehead atoms. The van der Waals surface area contributed by atoms with Crippen molar-refractivity contribution in [2.45, 2.75) is 39.0 Å². The Morgan fingerprint density at radius 2 is 1.63 bits per heavy atom. The Labute approximate surface area is 160 Å². The van der Waals surface area contributed by atoms with Gasteiger partial charge in [0.25, 0.3) is 0 Å². The summed E-state index contributed by atoms with van der Waals surface area (Å²) in [6, 6.07) is 9.50. The zero-order valence-electron chi connectivity index (χ0n) is 16.4. The van der Waals surface area contributed by atoms with Gasteiger partial charge in [0.15, 0.2) is 0 Å². The lowest BCUT2D eigenvalue weighted by molar-refractivity contribution is 0.128. The summed E-state index contributed by atoms with van der Waals surface area (Å²) in [5, 5.41) is 0. The van der Waals surface area contributed by atoms with Crippen LogP contribution in [0.15, 0.2) is 30.3 Å². The van der Waals surface area contributed by atoms with Gasteiger partial charge in [0.05, 0.1) is 12.2 Å². The van der Waals surface area contributed by atoms with Crippen molar-refractivity contribution in [1.82, 2.24) is 9.97 Å². The first-order valence-electron chi connectivity index (χ1n) is 9.03. The number of nitrogens with zero attached hydrogens (tertiary/aromatic N) is 2. The van der Waals surface area contributed by atoms with Gasteiger partial charge in [-0.25, -0.2) is 0 Å². The van der Waals surface area contributed by atoms with Gasteiger partial charge < -0.3 is 25.5 Å². The molecule has 0 aliphatic rings. The molecule has 0 fully saturated rings. The summed E-state index contributed by atoms with van der Waals surface area (Å²) in [4.78, 5) is 8.19. The molecule has 148 valence electrons. The van der Waals surface area contributed by atoms with E-state index < -0.39 is 7.14 Å². The van der Waals surface area contributed by atoms with E-state index in [0.29, 0.717) is 18.1 Å². The molecule has 0 aliphatic carbocycles. The molecule has 0 unspecified atom stereocenters. The predicted molar refractivity (Wildman–Crippen MR) is 110 cm³/mol. The second-order valence-electron chi connectivity index (χ2n) is 6.94. The first kappa shape index (κ1) is 21.2. The lowest BCUT2D eigenvalue weighted by Gasteiger charge is -2.25. The predicted octanol–water partition coefficient (Wildman–Crippen LogP) is 3.84. The number of rotatable bonds is 9. The lowest BCUT2D eigenvalue weighted by Crippen LogP contribution is -2.16. The Hall–Kier alpha value is -2.11. The highest BCUT2D eigenvalue weighted by Gasteiger charge is 2.30. The fourth-order valence-corrected chi connectivity index (χ4v) is 4.96.